The molecule has 0 aromatic heterocycles. The Morgan fingerprint density at radius 3 is 2.19 bits per heavy atom. The molecule has 8 heteroatoms. The van der Waals surface area contributed by atoms with Crippen LogP contribution in [-0.4, -0.2) is 53.8 Å². The molecular weight excluding hydrogens is 399 g/mol. The van der Waals surface area contributed by atoms with E-state index in [1.54, 1.807) is 34.1 Å². The molecule has 1 aliphatic heterocycles. The minimum atomic E-state index is -0.383. The quantitative estimate of drug-likeness (QED) is 0.788. The Morgan fingerprint density at radius 2 is 1.48 bits per heavy atom. The highest BCUT2D eigenvalue weighted by Gasteiger charge is 2.29. The van der Waals surface area contributed by atoms with Gasteiger partial charge in [-0.15, -0.1) is 0 Å². The lowest BCUT2D eigenvalue weighted by molar-refractivity contribution is -0.117. The average Bonchev–Trinajstić information content (AvgIpc) is 3.61. The van der Waals surface area contributed by atoms with Crippen LogP contribution in [0, 0.1) is 11.7 Å². The number of anilines is 2. The van der Waals surface area contributed by atoms with E-state index in [2.05, 4.69) is 10.6 Å². The molecule has 0 atom stereocenters. The third kappa shape index (κ3) is 5.39. The van der Waals surface area contributed by atoms with Crippen LogP contribution in [0.25, 0.3) is 0 Å². The molecule has 2 aromatic rings. The van der Waals surface area contributed by atoms with E-state index in [4.69, 9.17) is 0 Å². The number of carbonyl (C=O) groups excluding carboxylic acids is 3. The number of carbonyl (C=O) groups is 3. The Balaban J connectivity index is 1.33. The summed E-state index contributed by atoms with van der Waals surface area (Å²) in [6.45, 7) is 1.86. The largest absolute Gasteiger partial charge is 0.337 e. The molecule has 7 nitrogen and oxygen atoms in total. The van der Waals surface area contributed by atoms with Crippen molar-refractivity contribution in [1.82, 2.24) is 9.80 Å². The van der Waals surface area contributed by atoms with E-state index in [1.165, 1.54) is 24.3 Å². The van der Waals surface area contributed by atoms with Gasteiger partial charge in [-0.25, -0.2) is 9.18 Å². The zero-order valence-electron chi connectivity index (χ0n) is 17.1. The van der Waals surface area contributed by atoms with Gasteiger partial charge >= 0.3 is 6.03 Å². The first-order valence-electron chi connectivity index (χ1n) is 10.5. The van der Waals surface area contributed by atoms with Crippen molar-refractivity contribution in [2.24, 2.45) is 5.92 Å². The van der Waals surface area contributed by atoms with Crippen LogP contribution in [0.4, 0.5) is 20.6 Å². The van der Waals surface area contributed by atoms with Crippen LogP contribution < -0.4 is 10.6 Å². The smallest absolute Gasteiger partial charge is 0.321 e. The topological polar surface area (TPSA) is 81.8 Å². The van der Waals surface area contributed by atoms with Crippen LogP contribution in [0.3, 0.4) is 0 Å². The third-order valence-corrected chi connectivity index (χ3v) is 5.49. The van der Waals surface area contributed by atoms with Crippen molar-refractivity contribution in [3.63, 3.8) is 0 Å². The predicted molar refractivity (Wildman–Crippen MR) is 115 cm³/mol. The monoisotopic (exact) mass is 424 g/mol. The van der Waals surface area contributed by atoms with Crippen molar-refractivity contribution in [2.75, 3.05) is 36.8 Å². The van der Waals surface area contributed by atoms with E-state index in [9.17, 15) is 18.8 Å². The van der Waals surface area contributed by atoms with Gasteiger partial charge in [0.15, 0.2) is 0 Å². The van der Waals surface area contributed by atoms with Gasteiger partial charge in [-0.05, 0) is 61.7 Å². The van der Waals surface area contributed by atoms with Crippen LogP contribution in [0.1, 0.15) is 29.6 Å². The number of hydrogen-bond donors (Lipinski definition) is 2. The average molecular weight is 424 g/mol. The first kappa shape index (κ1) is 20.8. The molecule has 2 fully saturated rings. The summed E-state index contributed by atoms with van der Waals surface area (Å²) in [6.07, 6.45) is 2.51. The summed E-state index contributed by atoms with van der Waals surface area (Å²) in [6, 6.07) is 12.3. The van der Waals surface area contributed by atoms with E-state index in [0.717, 1.165) is 12.8 Å². The summed E-state index contributed by atoms with van der Waals surface area (Å²) >= 11 is 0. The lowest BCUT2D eigenvalue weighted by Gasteiger charge is -2.22. The van der Waals surface area contributed by atoms with E-state index in [0.29, 0.717) is 49.5 Å². The number of hydrogen-bond acceptors (Lipinski definition) is 3. The summed E-state index contributed by atoms with van der Waals surface area (Å²) < 4.78 is 13.1. The van der Waals surface area contributed by atoms with Gasteiger partial charge in [-0.3, -0.25) is 9.59 Å². The fraction of sp³-hybridized carbons (Fsp3) is 0.348. The normalized spacial score (nSPS) is 16.4. The lowest BCUT2D eigenvalue weighted by Crippen LogP contribution is -2.39. The first-order chi connectivity index (χ1) is 15.0. The van der Waals surface area contributed by atoms with Crippen molar-refractivity contribution in [3.05, 3.63) is 59.9 Å². The molecule has 1 aliphatic carbocycles. The SMILES string of the molecule is O=C(Nc1cccc(NC(=O)N2CCCN(C(=O)c3ccc(F)cc3)CC2)c1)C1CC1. The molecule has 4 rings (SSSR count). The second-order valence-corrected chi connectivity index (χ2v) is 7.91. The van der Waals surface area contributed by atoms with Crippen molar-refractivity contribution in [2.45, 2.75) is 19.3 Å². The molecule has 162 valence electrons. The van der Waals surface area contributed by atoms with Gasteiger partial charge in [-0.2, -0.15) is 0 Å². The Bertz CT molecular complexity index is 975. The van der Waals surface area contributed by atoms with Gasteiger partial charge in [0.25, 0.3) is 5.91 Å². The Morgan fingerprint density at radius 1 is 0.839 bits per heavy atom. The summed E-state index contributed by atoms with van der Waals surface area (Å²) in [5, 5.41) is 5.74. The lowest BCUT2D eigenvalue weighted by atomic mass is 10.2. The van der Waals surface area contributed by atoms with Gasteiger partial charge in [-0.1, -0.05) is 6.07 Å². The molecule has 0 bridgehead atoms. The van der Waals surface area contributed by atoms with Gasteiger partial charge in [0, 0.05) is 49.0 Å². The summed E-state index contributed by atoms with van der Waals surface area (Å²) in [4.78, 5) is 40.7. The molecule has 31 heavy (non-hydrogen) atoms. The molecule has 2 N–H and O–H groups in total. The highest BCUT2D eigenvalue weighted by Crippen LogP contribution is 2.30. The molecule has 1 heterocycles. The molecule has 4 amide bonds. The van der Waals surface area contributed by atoms with Crippen molar-refractivity contribution in [3.8, 4) is 0 Å². The standard InChI is InChI=1S/C23H25FN4O3/c24-18-9-7-17(8-10-18)22(30)27-11-2-12-28(14-13-27)23(31)26-20-4-1-3-19(15-20)25-21(29)16-5-6-16/h1,3-4,7-10,15-16H,2,5-6,11-14H2,(H,25,29)(H,26,31). The molecular formula is C23H25FN4O3. The maximum atomic E-state index is 13.1. The molecule has 0 spiro atoms. The zero-order valence-corrected chi connectivity index (χ0v) is 17.1. The summed E-state index contributed by atoms with van der Waals surface area (Å²) in [5.41, 5.74) is 1.69. The summed E-state index contributed by atoms with van der Waals surface area (Å²) in [7, 11) is 0. The van der Waals surface area contributed by atoms with E-state index >= 15 is 0 Å². The first-order valence-corrected chi connectivity index (χ1v) is 10.5. The second kappa shape index (κ2) is 9.16. The molecule has 1 saturated heterocycles. The molecule has 2 aromatic carbocycles. The fourth-order valence-corrected chi connectivity index (χ4v) is 3.57. The Labute approximate surface area is 180 Å². The predicted octanol–water partition coefficient (Wildman–Crippen LogP) is 3.55. The zero-order chi connectivity index (χ0) is 21.8. The summed E-state index contributed by atoms with van der Waals surface area (Å²) in [5.74, 6) is -0.425. The number of urea groups is 1. The van der Waals surface area contributed by atoms with E-state index in [-0.39, 0.29) is 29.6 Å². The second-order valence-electron chi connectivity index (χ2n) is 7.91. The van der Waals surface area contributed by atoms with Crippen LogP contribution in [0.15, 0.2) is 48.5 Å². The fourth-order valence-electron chi connectivity index (χ4n) is 3.57. The van der Waals surface area contributed by atoms with Crippen LogP contribution in [0.2, 0.25) is 0 Å². The Hall–Kier alpha value is -3.42. The molecule has 0 radical (unpaired) electrons. The van der Waals surface area contributed by atoms with Gasteiger partial charge in [0.1, 0.15) is 5.82 Å². The number of nitrogens with one attached hydrogen (secondary N) is 2. The maximum Gasteiger partial charge on any atom is 0.321 e. The molecule has 0 unspecified atom stereocenters. The van der Waals surface area contributed by atoms with E-state index in [1.807, 2.05) is 0 Å². The van der Waals surface area contributed by atoms with Crippen molar-refractivity contribution in [1.29, 1.82) is 0 Å². The molecule has 2 aliphatic rings. The Kier molecular flexibility index (Phi) is 6.16. The highest BCUT2D eigenvalue weighted by molar-refractivity contribution is 5.96. The minimum Gasteiger partial charge on any atom is -0.337 e. The third-order valence-electron chi connectivity index (χ3n) is 5.49. The number of rotatable bonds is 4. The highest BCUT2D eigenvalue weighted by atomic mass is 19.1. The van der Waals surface area contributed by atoms with Crippen LogP contribution in [0.5, 0.6) is 0 Å². The van der Waals surface area contributed by atoms with Crippen LogP contribution >= 0.6 is 0 Å². The van der Waals surface area contributed by atoms with Gasteiger partial charge in [0.05, 0.1) is 0 Å². The minimum absolute atomic E-state index is 0.0157. The van der Waals surface area contributed by atoms with Crippen molar-refractivity contribution < 1.29 is 18.8 Å². The van der Waals surface area contributed by atoms with Crippen molar-refractivity contribution >= 4 is 29.2 Å². The number of nitrogens with zero attached hydrogens (tertiary/aromatic N) is 2. The number of halogens is 1. The number of amides is 4. The number of benzene rings is 2. The van der Waals surface area contributed by atoms with Gasteiger partial charge < -0.3 is 20.4 Å². The maximum absolute atomic E-state index is 13.1. The van der Waals surface area contributed by atoms with Crippen LogP contribution in [-0.2, 0) is 4.79 Å². The van der Waals surface area contributed by atoms with Gasteiger partial charge in [0.2, 0.25) is 5.91 Å². The molecule has 1 saturated carbocycles. The van der Waals surface area contributed by atoms with E-state index < -0.39 is 0 Å².